The number of aromatic amines is 1. The minimum Gasteiger partial charge on any atom is -0.494 e. The van der Waals surface area contributed by atoms with E-state index in [4.69, 9.17) is 4.42 Å². The van der Waals surface area contributed by atoms with Crippen LogP contribution in [0.15, 0.2) is 63.4 Å². The molecule has 162 valence electrons. The number of H-pyrrole nitrogens is 1. The van der Waals surface area contributed by atoms with E-state index in [0.717, 1.165) is 43.1 Å². The molecule has 0 radical (unpaired) electrons. The van der Waals surface area contributed by atoms with E-state index in [-0.39, 0.29) is 11.4 Å². The smallest absolute Gasteiger partial charge is 0.258 e. The summed E-state index contributed by atoms with van der Waals surface area (Å²) in [5, 5.41) is 11.4. The molecule has 5 rings (SSSR count). The molecule has 3 aromatic heterocycles. The third-order valence-electron chi connectivity index (χ3n) is 5.67. The van der Waals surface area contributed by atoms with Gasteiger partial charge in [0.05, 0.1) is 30.5 Å². The molecule has 0 bridgehead atoms. The first-order valence-electron chi connectivity index (χ1n) is 10.3. The SMILES string of the molecule is CN1CCN(c2cnc(/N=C\c3c(O)[nH]c(=O)c4ccc(-c5ccoc5)cc34)cn2)CC1. The first-order valence-corrected chi connectivity index (χ1v) is 10.3. The van der Waals surface area contributed by atoms with Gasteiger partial charge in [-0.05, 0) is 30.8 Å². The number of piperazine rings is 1. The number of nitrogens with one attached hydrogen (secondary N) is 1. The molecular weight excluding hydrogens is 408 g/mol. The Morgan fingerprint density at radius 1 is 1.09 bits per heavy atom. The van der Waals surface area contributed by atoms with E-state index in [0.29, 0.717) is 22.2 Å². The number of nitrogens with zero attached hydrogens (tertiary/aromatic N) is 5. The number of hydrogen-bond donors (Lipinski definition) is 2. The van der Waals surface area contributed by atoms with Crippen LogP contribution in [0.5, 0.6) is 5.88 Å². The molecule has 1 aliphatic heterocycles. The second kappa shape index (κ2) is 8.27. The number of anilines is 1. The van der Waals surface area contributed by atoms with Gasteiger partial charge in [-0.3, -0.25) is 9.78 Å². The van der Waals surface area contributed by atoms with Crippen molar-refractivity contribution in [3.05, 3.63) is 65.1 Å². The summed E-state index contributed by atoms with van der Waals surface area (Å²) in [6.07, 6.45) is 8.01. The van der Waals surface area contributed by atoms with Crippen molar-refractivity contribution in [2.45, 2.75) is 0 Å². The third-order valence-corrected chi connectivity index (χ3v) is 5.67. The van der Waals surface area contributed by atoms with Gasteiger partial charge >= 0.3 is 0 Å². The van der Waals surface area contributed by atoms with Crippen LogP contribution in [0, 0.1) is 0 Å². The predicted octanol–water partition coefficient (Wildman–Crippen LogP) is 2.79. The number of hydrogen-bond acceptors (Lipinski definition) is 8. The molecule has 1 saturated heterocycles. The average molecular weight is 430 g/mol. The number of likely N-dealkylation sites (N-methyl/N-ethyl adjacent to an activating group) is 1. The zero-order chi connectivity index (χ0) is 22.1. The molecule has 1 aliphatic rings. The van der Waals surface area contributed by atoms with Crippen LogP contribution in [0.4, 0.5) is 11.6 Å². The van der Waals surface area contributed by atoms with E-state index in [1.165, 1.54) is 6.21 Å². The predicted molar refractivity (Wildman–Crippen MR) is 123 cm³/mol. The molecule has 32 heavy (non-hydrogen) atoms. The monoisotopic (exact) mass is 430 g/mol. The van der Waals surface area contributed by atoms with Gasteiger partial charge in [-0.15, -0.1) is 0 Å². The van der Waals surface area contributed by atoms with Gasteiger partial charge in [0, 0.05) is 48.7 Å². The standard InChI is InChI=1S/C23H22N6O3/c1-28-5-7-29(8-6-28)21-13-25-20(12-26-21)24-11-19-18-10-15(16-4-9-32-14-16)2-3-17(18)22(30)27-23(19)31/h2-4,9-14H,5-8H2,1H3,(H2,27,30,31)/b24-11-. The van der Waals surface area contributed by atoms with Crippen molar-refractivity contribution in [1.82, 2.24) is 19.9 Å². The van der Waals surface area contributed by atoms with Crippen molar-refractivity contribution in [2.24, 2.45) is 4.99 Å². The second-order valence-electron chi connectivity index (χ2n) is 7.77. The molecule has 0 aliphatic carbocycles. The molecule has 9 nitrogen and oxygen atoms in total. The average Bonchev–Trinajstić information content (AvgIpc) is 3.35. The van der Waals surface area contributed by atoms with Crippen LogP contribution in [0.1, 0.15) is 5.56 Å². The van der Waals surface area contributed by atoms with Gasteiger partial charge in [-0.2, -0.15) is 0 Å². The second-order valence-corrected chi connectivity index (χ2v) is 7.77. The van der Waals surface area contributed by atoms with E-state index in [1.807, 2.05) is 18.2 Å². The van der Waals surface area contributed by atoms with Crippen LogP contribution < -0.4 is 10.5 Å². The summed E-state index contributed by atoms with van der Waals surface area (Å²) in [6.45, 7) is 3.79. The lowest BCUT2D eigenvalue weighted by Crippen LogP contribution is -2.44. The number of fused-ring (bicyclic) bond motifs is 1. The highest BCUT2D eigenvalue weighted by atomic mass is 16.3. The van der Waals surface area contributed by atoms with Gasteiger partial charge in [0.15, 0.2) is 5.82 Å². The molecule has 1 fully saturated rings. The van der Waals surface area contributed by atoms with Crippen molar-refractivity contribution in [3.8, 4) is 17.0 Å². The van der Waals surface area contributed by atoms with Crippen molar-refractivity contribution in [1.29, 1.82) is 0 Å². The topological polar surface area (TPSA) is 111 Å². The summed E-state index contributed by atoms with van der Waals surface area (Å²) in [5.74, 6) is 0.976. The normalized spacial score (nSPS) is 15.1. The number of benzene rings is 1. The fourth-order valence-corrected chi connectivity index (χ4v) is 3.78. The van der Waals surface area contributed by atoms with E-state index < -0.39 is 0 Å². The Hall–Kier alpha value is -3.98. The Morgan fingerprint density at radius 3 is 2.66 bits per heavy atom. The lowest BCUT2D eigenvalue weighted by molar-refractivity contribution is 0.312. The summed E-state index contributed by atoms with van der Waals surface area (Å²) in [5.41, 5.74) is 1.77. The molecule has 1 aromatic carbocycles. The molecule has 0 saturated carbocycles. The molecular formula is C23H22N6O3. The number of aliphatic imine (C=N–C) groups is 1. The minimum atomic E-state index is -0.371. The van der Waals surface area contributed by atoms with Crippen LogP contribution in [0.3, 0.4) is 0 Å². The van der Waals surface area contributed by atoms with Crippen LogP contribution in [0.2, 0.25) is 0 Å². The van der Waals surface area contributed by atoms with Crippen LogP contribution >= 0.6 is 0 Å². The number of aromatic hydroxyl groups is 1. The summed E-state index contributed by atoms with van der Waals surface area (Å²) in [4.78, 5) is 32.5. The van der Waals surface area contributed by atoms with Gasteiger partial charge in [-0.25, -0.2) is 15.0 Å². The Kier molecular flexibility index (Phi) is 5.16. The lowest BCUT2D eigenvalue weighted by Gasteiger charge is -2.32. The summed E-state index contributed by atoms with van der Waals surface area (Å²) in [7, 11) is 2.11. The first kappa shape index (κ1) is 20.0. The van der Waals surface area contributed by atoms with Gasteiger partial charge in [0.2, 0.25) is 5.88 Å². The summed E-state index contributed by atoms with van der Waals surface area (Å²) in [6, 6.07) is 7.22. The minimum absolute atomic E-state index is 0.252. The Bertz CT molecular complexity index is 1320. The molecule has 0 spiro atoms. The maximum Gasteiger partial charge on any atom is 0.258 e. The van der Waals surface area contributed by atoms with Crippen LogP contribution in [0.25, 0.3) is 21.9 Å². The van der Waals surface area contributed by atoms with Gasteiger partial charge in [0.25, 0.3) is 5.56 Å². The largest absolute Gasteiger partial charge is 0.494 e. The Labute approximate surface area is 183 Å². The maximum atomic E-state index is 12.3. The maximum absolute atomic E-state index is 12.3. The fourth-order valence-electron chi connectivity index (χ4n) is 3.78. The quantitative estimate of drug-likeness (QED) is 0.479. The lowest BCUT2D eigenvalue weighted by atomic mass is 10.0. The van der Waals surface area contributed by atoms with Crippen molar-refractivity contribution in [2.75, 3.05) is 38.1 Å². The van der Waals surface area contributed by atoms with Gasteiger partial charge in [-0.1, -0.05) is 6.07 Å². The highest BCUT2D eigenvalue weighted by Crippen LogP contribution is 2.28. The number of furan rings is 1. The molecule has 4 heterocycles. The molecule has 4 aromatic rings. The zero-order valence-electron chi connectivity index (χ0n) is 17.5. The summed E-state index contributed by atoms with van der Waals surface area (Å²) >= 11 is 0. The number of rotatable bonds is 4. The van der Waals surface area contributed by atoms with Crippen LogP contribution in [-0.4, -0.2) is 64.4 Å². The third kappa shape index (κ3) is 3.85. The van der Waals surface area contributed by atoms with Crippen LogP contribution in [-0.2, 0) is 0 Å². The highest BCUT2D eigenvalue weighted by molar-refractivity contribution is 6.03. The zero-order valence-corrected chi connectivity index (χ0v) is 17.5. The van der Waals surface area contributed by atoms with Crippen molar-refractivity contribution < 1.29 is 9.52 Å². The Balaban J connectivity index is 1.46. The van der Waals surface area contributed by atoms with E-state index in [2.05, 4.69) is 36.8 Å². The Morgan fingerprint density at radius 2 is 1.94 bits per heavy atom. The molecule has 2 N–H and O–H groups in total. The molecule has 0 amide bonds. The molecule has 9 heteroatoms. The van der Waals surface area contributed by atoms with E-state index >= 15 is 0 Å². The number of pyridine rings is 1. The van der Waals surface area contributed by atoms with Crippen molar-refractivity contribution in [3.63, 3.8) is 0 Å². The summed E-state index contributed by atoms with van der Waals surface area (Å²) < 4.78 is 5.16. The van der Waals surface area contributed by atoms with E-state index in [9.17, 15) is 9.90 Å². The first-order chi connectivity index (χ1) is 15.6. The number of aromatic nitrogens is 3. The van der Waals surface area contributed by atoms with E-state index in [1.54, 1.807) is 31.0 Å². The fraction of sp³-hybridized carbons (Fsp3) is 0.217. The van der Waals surface area contributed by atoms with Gasteiger partial charge < -0.3 is 19.3 Å². The molecule has 0 unspecified atom stereocenters. The van der Waals surface area contributed by atoms with Gasteiger partial charge in [0.1, 0.15) is 5.82 Å². The van der Waals surface area contributed by atoms with Crippen molar-refractivity contribution >= 4 is 28.6 Å². The molecule has 0 atom stereocenters. The highest BCUT2D eigenvalue weighted by Gasteiger charge is 2.15.